The van der Waals surface area contributed by atoms with Gasteiger partial charge in [-0.1, -0.05) is 43.2 Å². The molecule has 1 aliphatic heterocycles. The molecule has 1 N–H and O–H groups in total. The van der Waals surface area contributed by atoms with Gasteiger partial charge >= 0.3 is 11.8 Å². The van der Waals surface area contributed by atoms with Gasteiger partial charge in [-0.3, -0.25) is 9.59 Å². The summed E-state index contributed by atoms with van der Waals surface area (Å²) in [6.45, 7) is 1.81. The molecule has 2 rings (SSSR count). The number of carbonyl (C=O) groups excluding carboxylic acids is 2. The first-order valence-corrected chi connectivity index (χ1v) is 6.88. The van der Waals surface area contributed by atoms with E-state index in [9.17, 15) is 9.59 Å². The van der Waals surface area contributed by atoms with Crippen molar-refractivity contribution in [3.05, 3.63) is 35.9 Å². The van der Waals surface area contributed by atoms with Crippen LogP contribution in [-0.4, -0.2) is 29.8 Å². The van der Waals surface area contributed by atoms with E-state index in [-0.39, 0.29) is 0 Å². The normalized spacial score (nSPS) is 15.7. The van der Waals surface area contributed by atoms with E-state index in [1.54, 1.807) is 4.90 Å². The van der Waals surface area contributed by atoms with Gasteiger partial charge in [0.15, 0.2) is 0 Å². The SMILES string of the molecule is O=C(NCc1ccccc1)C(=O)N1CCCCCC1. The van der Waals surface area contributed by atoms with Gasteiger partial charge in [0.1, 0.15) is 0 Å². The second-order valence-corrected chi connectivity index (χ2v) is 4.87. The molecule has 2 amide bonds. The van der Waals surface area contributed by atoms with Crippen LogP contribution < -0.4 is 5.32 Å². The lowest BCUT2D eigenvalue weighted by Crippen LogP contribution is -2.43. The highest BCUT2D eigenvalue weighted by molar-refractivity contribution is 6.34. The molecule has 1 heterocycles. The maximum atomic E-state index is 12.0. The number of hydrogen-bond donors (Lipinski definition) is 1. The molecule has 0 aromatic heterocycles. The number of amides is 2. The highest BCUT2D eigenvalue weighted by Crippen LogP contribution is 2.09. The second kappa shape index (κ2) is 6.92. The molecule has 1 fully saturated rings. The second-order valence-electron chi connectivity index (χ2n) is 4.87. The molecule has 4 nitrogen and oxygen atoms in total. The predicted octanol–water partition coefficient (Wildman–Crippen LogP) is 1.71. The first-order valence-electron chi connectivity index (χ1n) is 6.88. The summed E-state index contributed by atoms with van der Waals surface area (Å²) in [5, 5.41) is 2.69. The quantitative estimate of drug-likeness (QED) is 0.823. The summed E-state index contributed by atoms with van der Waals surface area (Å²) in [5.74, 6) is -0.886. The van der Waals surface area contributed by atoms with Gasteiger partial charge in [0, 0.05) is 19.6 Å². The summed E-state index contributed by atoms with van der Waals surface area (Å²) < 4.78 is 0. The molecule has 0 atom stereocenters. The number of rotatable bonds is 2. The fraction of sp³-hybridized carbons (Fsp3) is 0.467. The molecule has 0 saturated carbocycles. The zero-order chi connectivity index (χ0) is 13.5. The van der Waals surface area contributed by atoms with Gasteiger partial charge in [0.2, 0.25) is 0 Å². The summed E-state index contributed by atoms with van der Waals surface area (Å²) in [5.41, 5.74) is 1.000. The number of likely N-dealkylation sites (tertiary alicyclic amines) is 1. The average Bonchev–Trinajstić information content (AvgIpc) is 2.74. The van der Waals surface area contributed by atoms with Gasteiger partial charge in [-0.05, 0) is 18.4 Å². The van der Waals surface area contributed by atoms with Crippen molar-refractivity contribution in [2.24, 2.45) is 0 Å². The Bertz CT molecular complexity index is 423. The van der Waals surface area contributed by atoms with Gasteiger partial charge in [-0.2, -0.15) is 0 Å². The highest BCUT2D eigenvalue weighted by Gasteiger charge is 2.21. The summed E-state index contributed by atoms with van der Waals surface area (Å²) in [7, 11) is 0. The van der Waals surface area contributed by atoms with Gasteiger partial charge < -0.3 is 10.2 Å². The average molecular weight is 260 g/mol. The third kappa shape index (κ3) is 4.09. The minimum absolute atomic E-state index is 0.391. The Morgan fingerprint density at radius 1 is 1.00 bits per heavy atom. The Balaban J connectivity index is 1.83. The van der Waals surface area contributed by atoms with Crippen molar-refractivity contribution in [1.29, 1.82) is 0 Å². The van der Waals surface area contributed by atoms with Crippen molar-refractivity contribution in [3.63, 3.8) is 0 Å². The molecule has 19 heavy (non-hydrogen) atoms. The lowest BCUT2D eigenvalue weighted by Gasteiger charge is -2.19. The largest absolute Gasteiger partial charge is 0.344 e. The van der Waals surface area contributed by atoms with E-state index in [0.717, 1.165) is 31.2 Å². The number of carbonyl (C=O) groups is 2. The molecular weight excluding hydrogens is 240 g/mol. The van der Waals surface area contributed by atoms with E-state index in [2.05, 4.69) is 5.32 Å². The third-order valence-electron chi connectivity index (χ3n) is 3.38. The Labute approximate surface area is 113 Å². The van der Waals surface area contributed by atoms with Crippen LogP contribution in [0.1, 0.15) is 31.2 Å². The Hall–Kier alpha value is -1.84. The standard InChI is InChI=1S/C15H20N2O2/c18-14(16-12-13-8-4-3-5-9-13)15(19)17-10-6-1-2-7-11-17/h3-5,8-9H,1-2,6-7,10-12H2,(H,16,18). The van der Waals surface area contributed by atoms with Crippen molar-refractivity contribution >= 4 is 11.8 Å². The van der Waals surface area contributed by atoms with Crippen molar-refractivity contribution in [2.75, 3.05) is 13.1 Å². The van der Waals surface area contributed by atoms with Crippen molar-refractivity contribution in [1.82, 2.24) is 10.2 Å². The fourth-order valence-electron chi connectivity index (χ4n) is 2.27. The highest BCUT2D eigenvalue weighted by atomic mass is 16.2. The molecule has 1 aliphatic rings. The first kappa shape index (κ1) is 13.6. The first-order chi connectivity index (χ1) is 9.27. The smallest absolute Gasteiger partial charge is 0.311 e. The van der Waals surface area contributed by atoms with Crippen LogP contribution in [0.3, 0.4) is 0 Å². The molecule has 0 bridgehead atoms. The van der Waals surface area contributed by atoms with Crippen LogP contribution in [0.4, 0.5) is 0 Å². The van der Waals surface area contributed by atoms with E-state index >= 15 is 0 Å². The van der Waals surface area contributed by atoms with Crippen molar-refractivity contribution in [2.45, 2.75) is 32.2 Å². The van der Waals surface area contributed by atoms with Crippen LogP contribution in [0.15, 0.2) is 30.3 Å². The third-order valence-corrected chi connectivity index (χ3v) is 3.38. The lowest BCUT2D eigenvalue weighted by molar-refractivity contribution is -0.145. The summed E-state index contributed by atoms with van der Waals surface area (Å²) in [6.07, 6.45) is 4.29. The molecule has 1 aromatic carbocycles. The fourth-order valence-corrected chi connectivity index (χ4v) is 2.27. The summed E-state index contributed by atoms with van der Waals surface area (Å²) in [4.78, 5) is 25.5. The minimum atomic E-state index is -0.495. The van der Waals surface area contributed by atoms with Crippen molar-refractivity contribution < 1.29 is 9.59 Å². The molecule has 0 radical (unpaired) electrons. The minimum Gasteiger partial charge on any atom is -0.344 e. The van der Waals surface area contributed by atoms with E-state index in [1.165, 1.54) is 0 Å². The zero-order valence-corrected chi connectivity index (χ0v) is 11.1. The van der Waals surface area contributed by atoms with E-state index in [4.69, 9.17) is 0 Å². The summed E-state index contributed by atoms with van der Waals surface area (Å²) in [6, 6.07) is 9.61. The lowest BCUT2D eigenvalue weighted by atomic mass is 10.2. The molecule has 0 spiro atoms. The van der Waals surface area contributed by atoms with Crippen LogP contribution in [-0.2, 0) is 16.1 Å². The molecule has 0 aliphatic carbocycles. The van der Waals surface area contributed by atoms with Crippen LogP contribution in [0.25, 0.3) is 0 Å². The monoisotopic (exact) mass is 260 g/mol. The number of benzene rings is 1. The molecule has 1 aromatic rings. The maximum Gasteiger partial charge on any atom is 0.311 e. The molecule has 0 unspecified atom stereocenters. The van der Waals surface area contributed by atoms with Crippen LogP contribution >= 0.6 is 0 Å². The topological polar surface area (TPSA) is 49.4 Å². The van der Waals surface area contributed by atoms with Gasteiger partial charge in [0.05, 0.1) is 0 Å². The Kier molecular flexibility index (Phi) is 4.95. The van der Waals surface area contributed by atoms with E-state index in [1.807, 2.05) is 30.3 Å². The van der Waals surface area contributed by atoms with E-state index < -0.39 is 11.8 Å². The van der Waals surface area contributed by atoms with Crippen LogP contribution in [0.5, 0.6) is 0 Å². The number of nitrogens with one attached hydrogen (secondary N) is 1. The molecule has 102 valence electrons. The summed E-state index contributed by atoms with van der Waals surface area (Å²) >= 11 is 0. The molecule has 1 saturated heterocycles. The Morgan fingerprint density at radius 2 is 1.63 bits per heavy atom. The van der Waals surface area contributed by atoms with Crippen molar-refractivity contribution in [3.8, 4) is 0 Å². The van der Waals surface area contributed by atoms with Gasteiger partial charge in [0.25, 0.3) is 0 Å². The van der Waals surface area contributed by atoms with E-state index in [0.29, 0.717) is 19.6 Å². The van der Waals surface area contributed by atoms with Gasteiger partial charge in [-0.25, -0.2) is 0 Å². The Morgan fingerprint density at radius 3 is 2.26 bits per heavy atom. The molecular formula is C15H20N2O2. The maximum absolute atomic E-state index is 12.0. The predicted molar refractivity (Wildman–Crippen MR) is 73.3 cm³/mol. The van der Waals surface area contributed by atoms with Gasteiger partial charge in [-0.15, -0.1) is 0 Å². The number of hydrogen-bond acceptors (Lipinski definition) is 2. The van der Waals surface area contributed by atoms with Crippen LogP contribution in [0.2, 0.25) is 0 Å². The zero-order valence-electron chi connectivity index (χ0n) is 11.1. The van der Waals surface area contributed by atoms with Crippen LogP contribution in [0, 0.1) is 0 Å². The number of nitrogens with zero attached hydrogens (tertiary/aromatic N) is 1. The molecule has 4 heteroatoms.